The maximum absolute atomic E-state index is 4.21. The Morgan fingerprint density at radius 3 is 2.57 bits per heavy atom. The summed E-state index contributed by atoms with van der Waals surface area (Å²) in [7, 11) is 0. The SMILES string of the molecule is c1ccc(CN2CCN(CCCNCc3ncc[nH]3)CC2)cc1. The first-order valence-corrected chi connectivity index (χ1v) is 8.58. The third-order valence-corrected chi connectivity index (χ3v) is 4.39. The summed E-state index contributed by atoms with van der Waals surface area (Å²) in [4.78, 5) is 12.5. The van der Waals surface area contributed by atoms with Crippen molar-refractivity contribution in [3.05, 3.63) is 54.1 Å². The highest BCUT2D eigenvalue weighted by molar-refractivity contribution is 5.14. The van der Waals surface area contributed by atoms with Gasteiger partial charge in [0.15, 0.2) is 0 Å². The lowest BCUT2D eigenvalue weighted by Crippen LogP contribution is -2.46. The smallest absolute Gasteiger partial charge is 0.120 e. The van der Waals surface area contributed by atoms with E-state index in [0.29, 0.717) is 0 Å². The van der Waals surface area contributed by atoms with Gasteiger partial charge < -0.3 is 15.2 Å². The minimum Gasteiger partial charge on any atom is -0.348 e. The molecule has 124 valence electrons. The van der Waals surface area contributed by atoms with Gasteiger partial charge in [0.05, 0.1) is 6.54 Å². The monoisotopic (exact) mass is 313 g/mol. The second-order valence-electron chi connectivity index (χ2n) is 6.17. The van der Waals surface area contributed by atoms with E-state index in [1.807, 2.05) is 6.20 Å². The van der Waals surface area contributed by atoms with Crippen LogP contribution in [-0.4, -0.2) is 59.0 Å². The summed E-state index contributed by atoms with van der Waals surface area (Å²) >= 11 is 0. The van der Waals surface area contributed by atoms with E-state index in [2.05, 4.69) is 55.4 Å². The quantitative estimate of drug-likeness (QED) is 0.728. The molecule has 1 saturated heterocycles. The molecule has 1 aromatic heterocycles. The molecule has 0 aliphatic carbocycles. The summed E-state index contributed by atoms with van der Waals surface area (Å²) in [5, 5.41) is 3.44. The molecule has 0 unspecified atom stereocenters. The lowest BCUT2D eigenvalue weighted by molar-refractivity contribution is 0.126. The Morgan fingerprint density at radius 2 is 1.83 bits per heavy atom. The normalized spacial score (nSPS) is 16.7. The van der Waals surface area contributed by atoms with Crippen molar-refractivity contribution >= 4 is 0 Å². The van der Waals surface area contributed by atoms with Crippen molar-refractivity contribution in [3.63, 3.8) is 0 Å². The molecule has 2 aromatic rings. The Morgan fingerprint density at radius 1 is 1.04 bits per heavy atom. The van der Waals surface area contributed by atoms with Crippen LogP contribution >= 0.6 is 0 Å². The summed E-state index contributed by atoms with van der Waals surface area (Å²) in [6.45, 7) is 8.87. The number of benzene rings is 1. The molecule has 2 N–H and O–H groups in total. The predicted molar refractivity (Wildman–Crippen MR) is 93.1 cm³/mol. The number of imidazole rings is 1. The van der Waals surface area contributed by atoms with Crippen molar-refractivity contribution in [2.24, 2.45) is 0 Å². The first kappa shape index (κ1) is 16.2. The molecule has 3 rings (SSSR count). The van der Waals surface area contributed by atoms with E-state index in [-0.39, 0.29) is 0 Å². The molecule has 0 radical (unpaired) electrons. The minimum absolute atomic E-state index is 0.831. The average Bonchev–Trinajstić information content (AvgIpc) is 3.10. The van der Waals surface area contributed by atoms with Gasteiger partial charge in [-0.2, -0.15) is 0 Å². The van der Waals surface area contributed by atoms with Crippen LogP contribution in [0.2, 0.25) is 0 Å². The number of nitrogens with one attached hydrogen (secondary N) is 2. The van der Waals surface area contributed by atoms with Gasteiger partial charge in [-0.15, -0.1) is 0 Å². The molecular weight excluding hydrogens is 286 g/mol. The maximum atomic E-state index is 4.21. The number of H-pyrrole nitrogens is 1. The number of hydrogen-bond donors (Lipinski definition) is 2. The van der Waals surface area contributed by atoms with E-state index in [9.17, 15) is 0 Å². The maximum Gasteiger partial charge on any atom is 0.120 e. The van der Waals surface area contributed by atoms with Crippen LogP contribution in [-0.2, 0) is 13.1 Å². The van der Waals surface area contributed by atoms with Crippen molar-refractivity contribution in [1.29, 1.82) is 0 Å². The molecule has 0 spiro atoms. The Hall–Kier alpha value is -1.69. The molecule has 5 heteroatoms. The topological polar surface area (TPSA) is 47.2 Å². The third kappa shape index (κ3) is 5.46. The number of aromatic nitrogens is 2. The summed E-state index contributed by atoms with van der Waals surface area (Å²) < 4.78 is 0. The largest absolute Gasteiger partial charge is 0.348 e. The molecule has 0 saturated carbocycles. The molecule has 1 aliphatic heterocycles. The van der Waals surface area contributed by atoms with E-state index >= 15 is 0 Å². The highest BCUT2D eigenvalue weighted by Gasteiger charge is 2.16. The van der Waals surface area contributed by atoms with Crippen molar-refractivity contribution in [2.75, 3.05) is 39.3 Å². The molecular formula is C18H27N5. The van der Waals surface area contributed by atoms with E-state index < -0.39 is 0 Å². The lowest BCUT2D eigenvalue weighted by Gasteiger charge is -2.34. The standard InChI is InChI=1S/C18H27N5/c1-2-5-17(6-3-1)16-23-13-11-22(12-14-23)10-4-7-19-15-18-20-8-9-21-18/h1-3,5-6,8-9,19H,4,7,10-16H2,(H,20,21). The van der Waals surface area contributed by atoms with E-state index in [0.717, 1.165) is 25.5 Å². The van der Waals surface area contributed by atoms with Crippen LogP contribution in [0.5, 0.6) is 0 Å². The van der Waals surface area contributed by atoms with Crippen LogP contribution in [0, 0.1) is 0 Å². The first-order valence-electron chi connectivity index (χ1n) is 8.58. The number of aromatic amines is 1. The van der Waals surface area contributed by atoms with Gasteiger partial charge in [-0.3, -0.25) is 4.90 Å². The van der Waals surface area contributed by atoms with Crippen molar-refractivity contribution in [1.82, 2.24) is 25.1 Å². The molecule has 0 amide bonds. The Kier molecular flexibility index (Phi) is 6.20. The van der Waals surface area contributed by atoms with Crippen molar-refractivity contribution in [2.45, 2.75) is 19.5 Å². The summed E-state index contributed by atoms with van der Waals surface area (Å²) in [6, 6.07) is 10.8. The van der Waals surface area contributed by atoms with Gasteiger partial charge in [0.2, 0.25) is 0 Å². The second kappa shape index (κ2) is 8.82. The van der Waals surface area contributed by atoms with Crippen LogP contribution in [0.3, 0.4) is 0 Å². The zero-order valence-corrected chi connectivity index (χ0v) is 13.7. The molecule has 0 atom stereocenters. The molecule has 0 bridgehead atoms. The second-order valence-corrected chi connectivity index (χ2v) is 6.17. The minimum atomic E-state index is 0.831. The van der Waals surface area contributed by atoms with E-state index in [1.54, 1.807) is 6.20 Å². The summed E-state index contributed by atoms with van der Waals surface area (Å²) in [6.07, 6.45) is 4.86. The van der Waals surface area contributed by atoms with Gasteiger partial charge in [-0.1, -0.05) is 30.3 Å². The Balaban J connectivity index is 1.26. The Bertz CT molecular complexity index is 532. The zero-order chi connectivity index (χ0) is 15.7. The van der Waals surface area contributed by atoms with Crippen LogP contribution in [0.1, 0.15) is 17.8 Å². The molecule has 1 aliphatic rings. The number of hydrogen-bond acceptors (Lipinski definition) is 4. The predicted octanol–water partition coefficient (Wildman–Crippen LogP) is 1.71. The zero-order valence-electron chi connectivity index (χ0n) is 13.7. The van der Waals surface area contributed by atoms with Crippen molar-refractivity contribution in [3.8, 4) is 0 Å². The fourth-order valence-corrected chi connectivity index (χ4v) is 3.04. The highest BCUT2D eigenvalue weighted by Crippen LogP contribution is 2.08. The van der Waals surface area contributed by atoms with Crippen LogP contribution in [0.15, 0.2) is 42.7 Å². The first-order chi connectivity index (χ1) is 11.4. The third-order valence-electron chi connectivity index (χ3n) is 4.39. The van der Waals surface area contributed by atoms with Crippen LogP contribution in [0.25, 0.3) is 0 Å². The van der Waals surface area contributed by atoms with Gasteiger partial charge in [-0.05, 0) is 25.1 Å². The van der Waals surface area contributed by atoms with Crippen molar-refractivity contribution < 1.29 is 0 Å². The van der Waals surface area contributed by atoms with Gasteiger partial charge in [0.25, 0.3) is 0 Å². The van der Waals surface area contributed by atoms with E-state index in [1.165, 1.54) is 44.7 Å². The van der Waals surface area contributed by atoms with Gasteiger partial charge in [0, 0.05) is 45.1 Å². The van der Waals surface area contributed by atoms with Crippen LogP contribution in [0.4, 0.5) is 0 Å². The van der Waals surface area contributed by atoms with Gasteiger partial charge in [0.1, 0.15) is 5.82 Å². The molecule has 23 heavy (non-hydrogen) atoms. The molecule has 1 fully saturated rings. The summed E-state index contributed by atoms with van der Waals surface area (Å²) in [5.74, 6) is 1.01. The highest BCUT2D eigenvalue weighted by atomic mass is 15.3. The molecule has 1 aromatic carbocycles. The fraction of sp³-hybridized carbons (Fsp3) is 0.500. The van der Waals surface area contributed by atoms with E-state index in [4.69, 9.17) is 0 Å². The number of nitrogens with zero attached hydrogens (tertiary/aromatic N) is 3. The summed E-state index contributed by atoms with van der Waals surface area (Å²) in [5.41, 5.74) is 1.42. The van der Waals surface area contributed by atoms with Gasteiger partial charge in [-0.25, -0.2) is 4.98 Å². The molecule has 5 nitrogen and oxygen atoms in total. The number of rotatable bonds is 8. The average molecular weight is 313 g/mol. The number of piperazine rings is 1. The lowest BCUT2D eigenvalue weighted by atomic mass is 10.2. The fourth-order valence-electron chi connectivity index (χ4n) is 3.04. The Labute approximate surface area is 138 Å². The van der Waals surface area contributed by atoms with Crippen LogP contribution < -0.4 is 5.32 Å². The van der Waals surface area contributed by atoms with Gasteiger partial charge >= 0.3 is 0 Å². The molecule has 2 heterocycles.